The summed E-state index contributed by atoms with van der Waals surface area (Å²) in [5.74, 6) is -6.46. The lowest BCUT2D eigenvalue weighted by molar-refractivity contribution is -0.185. The Morgan fingerprint density at radius 2 is 0.851 bits per heavy atom. The third-order valence-corrected chi connectivity index (χ3v) is 18.1. The van der Waals surface area contributed by atoms with Crippen LogP contribution in [0.2, 0.25) is 0 Å². The lowest BCUT2D eigenvalue weighted by Gasteiger charge is -2.39. The first-order valence-corrected chi connectivity index (χ1v) is 29.8. The molecule has 2 amide bonds. The van der Waals surface area contributed by atoms with Crippen LogP contribution >= 0.6 is 46.2 Å². The first kappa shape index (κ1) is 58.5. The van der Waals surface area contributed by atoms with Gasteiger partial charge >= 0.3 is 35.1 Å². The Balaban J connectivity index is 1.17. The van der Waals surface area contributed by atoms with Gasteiger partial charge in [0.05, 0.1) is 9.75 Å². The first-order chi connectivity index (χ1) is 42.2. The lowest BCUT2D eigenvalue weighted by atomic mass is 9.78. The van der Waals surface area contributed by atoms with Crippen LogP contribution in [0.1, 0.15) is 47.2 Å². The van der Waals surface area contributed by atoms with Gasteiger partial charge in [0.1, 0.15) is 81.9 Å². The predicted octanol–water partition coefficient (Wildman–Crippen LogP) is 10.5. The van der Waals surface area contributed by atoms with Crippen molar-refractivity contribution < 1.29 is 57.2 Å². The molecular weight excluding hydrogens is 1190 g/mol. The van der Waals surface area contributed by atoms with Crippen molar-refractivity contribution >= 4 is 102 Å². The molecule has 0 radical (unpaired) electrons. The van der Waals surface area contributed by atoms with Gasteiger partial charge in [-0.3, -0.25) is 19.4 Å². The Hall–Kier alpha value is -10.3. The van der Waals surface area contributed by atoms with E-state index in [0.29, 0.717) is 22.3 Å². The van der Waals surface area contributed by atoms with Crippen LogP contribution < -0.4 is 15.2 Å². The van der Waals surface area contributed by atoms with Crippen molar-refractivity contribution in [2.45, 2.75) is 51.5 Å². The van der Waals surface area contributed by atoms with Crippen LogP contribution in [0.25, 0.3) is 20.9 Å². The van der Waals surface area contributed by atoms with Gasteiger partial charge in [0.2, 0.25) is 0 Å². The Labute approximate surface area is 513 Å². The molecule has 7 aromatic rings. The topological polar surface area (TPSA) is 286 Å². The van der Waals surface area contributed by atoms with E-state index in [2.05, 4.69) is 0 Å². The molecule has 0 bridgehead atoms. The summed E-state index contributed by atoms with van der Waals surface area (Å²) in [5.41, 5.74) is 1.55. The van der Waals surface area contributed by atoms with Gasteiger partial charge in [-0.05, 0) is 71.8 Å². The Morgan fingerprint density at radius 1 is 0.517 bits per heavy atom. The molecule has 2 N–H and O–H groups in total. The van der Waals surface area contributed by atoms with E-state index in [1.165, 1.54) is 34.1 Å². The van der Waals surface area contributed by atoms with Crippen molar-refractivity contribution in [2.75, 3.05) is 13.1 Å². The largest absolute Gasteiger partial charge is 0.458 e. The molecule has 4 aliphatic rings. The third-order valence-electron chi connectivity index (χ3n) is 13.9. The van der Waals surface area contributed by atoms with Crippen LogP contribution in [-0.2, 0) is 85.3 Å². The summed E-state index contributed by atoms with van der Waals surface area (Å²) in [6.07, 6.45) is 0. The van der Waals surface area contributed by atoms with Gasteiger partial charge in [0, 0.05) is 47.5 Å². The minimum atomic E-state index is -2.88. The average molecular weight is 1230 g/mol. The fourth-order valence-corrected chi connectivity index (χ4v) is 13.8. The molecule has 0 spiro atoms. The maximum Gasteiger partial charge on any atom is 0.367 e. The normalized spacial score (nSPS) is 16.4. The standard InChI is InChI=1S/C63H44N8O12S4/c1-3-70-54(72)52(86-56(70)40(29-64)30-65)68-48-27-46-50(84-48)41-25-44-42(26-43(41)62(82-46,58(74)78-32-36-17-9-5-10-18-36)59(75)79-33-37-19-11-6-12-20-37)51-47(28-49(85-51)69-53-55(73)71(4-2)57(87-53)45(67)31-66)83-63(44,60(76)80-34-38-21-13-7-14-22-38)61(77)81-35-39-23-15-8-16-24-39/h5-28H,3-4,32-35,67H2,1-2H3/b57-45-,68-52?,69-53?. The van der Waals surface area contributed by atoms with Crippen LogP contribution in [0, 0.1) is 34.0 Å². The number of hydrogen-bond donors (Lipinski definition) is 1. The summed E-state index contributed by atoms with van der Waals surface area (Å²) in [4.78, 5) is 103. The van der Waals surface area contributed by atoms with E-state index >= 15 is 19.2 Å². The molecule has 20 nitrogen and oxygen atoms in total. The molecule has 2 fully saturated rings. The van der Waals surface area contributed by atoms with Gasteiger partial charge in [0.25, 0.3) is 11.8 Å². The number of thioether (sulfide) groups is 2. The number of amides is 2. The minimum Gasteiger partial charge on any atom is -0.458 e. The van der Waals surface area contributed by atoms with Crippen LogP contribution in [0.5, 0.6) is 11.5 Å². The second-order valence-electron chi connectivity index (χ2n) is 19.2. The second-order valence-corrected chi connectivity index (χ2v) is 23.2. The Bertz CT molecular complexity index is 4110. The fraction of sp³-hybridized carbons (Fsp3) is 0.159. The van der Waals surface area contributed by atoms with Gasteiger partial charge in [0.15, 0.2) is 15.7 Å². The van der Waals surface area contributed by atoms with E-state index in [-0.39, 0.29) is 124 Å². The molecule has 432 valence electrons. The summed E-state index contributed by atoms with van der Waals surface area (Å²) < 4.78 is 37.9. The van der Waals surface area contributed by atoms with Crippen molar-refractivity contribution in [1.82, 2.24) is 9.80 Å². The number of carbonyl (C=O) groups excluding carboxylic acids is 6. The summed E-state index contributed by atoms with van der Waals surface area (Å²) in [7, 11) is 0. The number of ether oxygens (including phenoxy) is 6. The van der Waals surface area contributed by atoms with Crippen molar-refractivity contribution in [3.63, 3.8) is 0 Å². The molecule has 24 heteroatoms. The summed E-state index contributed by atoms with van der Waals surface area (Å²) in [6.45, 7) is 2.17. The van der Waals surface area contributed by atoms with E-state index in [9.17, 15) is 25.4 Å². The summed E-state index contributed by atoms with van der Waals surface area (Å²) in [5, 5.41) is 29.6. The third kappa shape index (κ3) is 11.0. The van der Waals surface area contributed by atoms with E-state index in [1.54, 1.807) is 135 Å². The molecule has 11 rings (SSSR count). The molecule has 2 saturated heterocycles. The molecule has 0 saturated carbocycles. The number of hydrogen-bond acceptors (Lipinski definition) is 22. The number of esters is 4. The minimum absolute atomic E-state index is 0.000588. The Morgan fingerprint density at radius 3 is 1.17 bits per heavy atom. The molecule has 0 aliphatic carbocycles. The smallest absolute Gasteiger partial charge is 0.367 e. The highest BCUT2D eigenvalue weighted by Crippen LogP contribution is 2.59. The van der Waals surface area contributed by atoms with Crippen molar-refractivity contribution in [3.8, 4) is 50.6 Å². The molecule has 4 aliphatic heterocycles. The predicted molar refractivity (Wildman–Crippen MR) is 322 cm³/mol. The van der Waals surface area contributed by atoms with Crippen LogP contribution in [0.4, 0.5) is 10.0 Å². The number of nitriles is 3. The molecule has 87 heavy (non-hydrogen) atoms. The molecular formula is C63H44N8O12S4. The number of nitrogens with two attached hydrogens (primary N) is 1. The van der Waals surface area contributed by atoms with Crippen LogP contribution in [0.15, 0.2) is 177 Å². The van der Waals surface area contributed by atoms with Crippen molar-refractivity contribution in [2.24, 2.45) is 15.7 Å². The molecule has 0 unspecified atom stereocenters. The first-order valence-electron chi connectivity index (χ1n) is 26.6. The highest BCUT2D eigenvalue weighted by atomic mass is 32.2. The monoisotopic (exact) mass is 1230 g/mol. The highest BCUT2D eigenvalue weighted by Gasteiger charge is 2.62. The maximum atomic E-state index is 15.6. The van der Waals surface area contributed by atoms with Crippen LogP contribution in [0.3, 0.4) is 0 Å². The number of nitrogens with zero attached hydrogens (tertiary/aromatic N) is 7. The number of allylic oxidation sites excluding steroid dienone is 2. The zero-order valence-corrected chi connectivity index (χ0v) is 49.1. The van der Waals surface area contributed by atoms with Gasteiger partial charge in [-0.25, -0.2) is 29.2 Å². The molecule has 0 atom stereocenters. The van der Waals surface area contributed by atoms with Gasteiger partial charge in [-0.2, -0.15) is 15.8 Å². The SMILES string of the molecule is CCN1C(=O)C(=Nc2cc3c(s2)-c2cc4c(cc2C(C(=O)OCc2ccccc2)(C(=O)OCc2ccccc2)O3)-c2sc(N=C3S/C(=C(\N)C#N)N(CC)C3=O)cc2OC4(C(=O)OCc2ccccc2)C(=O)OCc2ccccc2)SC1=C(C#N)C#N. The lowest BCUT2D eigenvalue weighted by Crippen LogP contribution is -2.54. The summed E-state index contributed by atoms with van der Waals surface area (Å²) >= 11 is 3.55. The zero-order chi connectivity index (χ0) is 61.0. The quantitative estimate of drug-likeness (QED) is 0.0407. The van der Waals surface area contributed by atoms with E-state index in [0.717, 1.165) is 46.2 Å². The van der Waals surface area contributed by atoms with Gasteiger partial charge < -0.3 is 34.2 Å². The fourth-order valence-electron chi connectivity index (χ4n) is 9.70. The zero-order valence-electron chi connectivity index (χ0n) is 45.8. The van der Waals surface area contributed by atoms with Gasteiger partial charge in [-0.15, -0.1) is 22.7 Å². The number of rotatable bonds is 16. The Kier molecular flexibility index (Phi) is 16.6. The number of benzene rings is 5. The molecule has 5 aromatic carbocycles. The molecule has 2 aromatic heterocycles. The second kappa shape index (κ2) is 24.7. The van der Waals surface area contributed by atoms with Crippen molar-refractivity contribution in [1.29, 1.82) is 15.8 Å². The van der Waals surface area contributed by atoms with Crippen molar-refractivity contribution in [3.05, 3.63) is 200 Å². The number of aliphatic imine (C=N–C) groups is 2. The maximum absolute atomic E-state index is 15.6. The van der Waals surface area contributed by atoms with Gasteiger partial charge in [-0.1, -0.05) is 121 Å². The number of fused-ring (bicyclic) bond motifs is 6. The number of carbonyl (C=O) groups is 6. The molecule has 6 heterocycles. The van der Waals surface area contributed by atoms with E-state index in [1.807, 2.05) is 18.2 Å². The summed E-state index contributed by atoms with van der Waals surface area (Å²) in [6, 6.07) is 45.8. The highest BCUT2D eigenvalue weighted by molar-refractivity contribution is 8.20. The van der Waals surface area contributed by atoms with Crippen LogP contribution in [-0.4, -0.2) is 68.7 Å². The average Bonchev–Trinajstić information content (AvgIpc) is 1.71. The van der Waals surface area contributed by atoms with E-state index in [4.69, 9.17) is 44.1 Å². The van der Waals surface area contributed by atoms with E-state index < -0.39 is 46.9 Å². The number of thiophene rings is 2.